The second-order valence-electron chi connectivity index (χ2n) is 4.59. The molecule has 0 radical (unpaired) electrons. The molecule has 2 aromatic heterocycles. The number of benzene rings is 1. The van der Waals surface area contributed by atoms with Gasteiger partial charge in [-0.05, 0) is 35.4 Å². The third-order valence-electron chi connectivity index (χ3n) is 3.35. The minimum atomic E-state index is 0.555. The van der Waals surface area contributed by atoms with Crippen LogP contribution in [0.15, 0.2) is 41.1 Å². The number of fused-ring (bicyclic) bond motifs is 1. The quantitative estimate of drug-likeness (QED) is 0.734. The third kappa shape index (κ3) is 1.75. The Bertz CT molecular complexity index is 715. The predicted molar refractivity (Wildman–Crippen MR) is 70.1 cm³/mol. The summed E-state index contributed by atoms with van der Waals surface area (Å²) in [5.74, 6) is 1.14. The molecule has 5 heteroatoms. The van der Waals surface area contributed by atoms with Crippen molar-refractivity contribution in [2.45, 2.75) is 13.1 Å². The van der Waals surface area contributed by atoms with Crippen molar-refractivity contribution in [3.05, 3.63) is 47.7 Å². The zero-order chi connectivity index (χ0) is 12.7. The van der Waals surface area contributed by atoms with Gasteiger partial charge in [0, 0.05) is 24.8 Å². The van der Waals surface area contributed by atoms with E-state index >= 15 is 0 Å². The van der Waals surface area contributed by atoms with Gasteiger partial charge in [0.25, 0.3) is 5.89 Å². The molecule has 0 fully saturated rings. The largest absolute Gasteiger partial charge is 0.359 e. The van der Waals surface area contributed by atoms with Crippen molar-refractivity contribution in [3.8, 4) is 23.0 Å². The van der Waals surface area contributed by atoms with Crippen LogP contribution < -0.4 is 5.32 Å². The van der Waals surface area contributed by atoms with Crippen molar-refractivity contribution in [1.82, 2.24) is 20.4 Å². The molecule has 0 spiro atoms. The molecule has 0 saturated carbocycles. The summed E-state index contributed by atoms with van der Waals surface area (Å²) in [4.78, 5) is 7.48. The van der Waals surface area contributed by atoms with E-state index in [1.54, 1.807) is 0 Å². The Hall–Kier alpha value is -2.40. The molecule has 4 rings (SSSR count). The Morgan fingerprint density at radius 2 is 2.05 bits per heavy atom. The van der Waals surface area contributed by atoms with E-state index in [0.717, 1.165) is 24.3 Å². The zero-order valence-corrected chi connectivity index (χ0v) is 10.2. The summed E-state index contributed by atoms with van der Waals surface area (Å²) in [6, 6.07) is 10.1. The number of hydrogen-bond donors (Lipinski definition) is 2. The van der Waals surface area contributed by atoms with Gasteiger partial charge in [0.2, 0.25) is 5.82 Å². The van der Waals surface area contributed by atoms with Crippen molar-refractivity contribution >= 4 is 0 Å². The highest BCUT2D eigenvalue weighted by atomic mass is 16.5. The van der Waals surface area contributed by atoms with Gasteiger partial charge in [-0.1, -0.05) is 11.2 Å². The van der Waals surface area contributed by atoms with Crippen molar-refractivity contribution in [1.29, 1.82) is 0 Å². The summed E-state index contributed by atoms with van der Waals surface area (Å²) in [6.07, 6.45) is 1.84. The maximum absolute atomic E-state index is 5.33. The van der Waals surface area contributed by atoms with Crippen LogP contribution in [0, 0.1) is 0 Å². The number of aromatic amines is 1. The SMILES string of the molecule is c1c[nH]c(-c2noc(-c3ccc4c(c3)CNC4)n2)c1. The fourth-order valence-corrected chi connectivity index (χ4v) is 2.35. The molecule has 0 unspecified atom stereocenters. The summed E-state index contributed by atoms with van der Waals surface area (Å²) in [7, 11) is 0. The highest BCUT2D eigenvalue weighted by molar-refractivity contribution is 5.59. The second kappa shape index (κ2) is 4.07. The van der Waals surface area contributed by atoms with Crippen LogP contribution in [0.2, 0.25) is 0 Å². The first-order valence-corrected chi connectivity index (χ1v) is 6.20. The molecule has 0 saturated heterocycles. The van der Waals surface area contributed by atoms with Crippen LogP contribution >= 0.6 is 0 Å². The molecule has 1 aromatic carbocycles. The summed E-state index contributed by atoms with van der Waals surface area (Å²) in [5.41, 5.74) is 4.47. The number of hydrogen-bond acceptors (Lipinski definition) is 4. The molecule has 94 valence electrons. The van der Waals surface area contributed by atoms with Crippen LogP contribution in [-0.4, -0.2) is 15.1 Å². The number of H-pyrrole nitrogens is 1. The lowest BCUT2D eigenvalue weighted by Gasteiger charge is -1.99. The van der Waals surface area contributed by atoms with E-state index in [1.807, 2.05) is 24.4 Å². The second-order valence-corrected chi connectivity index (χ2v) is 4.59. The summed E-state index contributed by atoms with van der Waals surface area (Å²) in [5, 5.41) is 7.32. The van der Waals surface area contributed by atoms with Crippen LogP contribution in [0.25, 0.3) is 23.0 Å². The average Bonchev–Trinajstić information content (AvgIpc) is 3.18. The maximum atomic E-state index is 5.33. The third-order valence-corrected chi connectivity index (χ3v) is 3.35. The number of rotatable bonds is 2. The molecule has 0 amide bonds. The van der Waals surface area contributed by atoms with Gasteiger partial charge < -0.3 is 14.8 Å². The Balaban J connectivity index is 1.73. The Kier molecular flexibility index (Phi) is 2.25. The lowest BCUT2D eigenvalue weighted by molar-refractivity contribution is 0.432. The molecule has 0 aliphatic carbocycles. The lowest BCUT2D eigenvalue weighted by atomic mass is 10.1. The van der Waals surface area contributed by atoms with Crippen LogP contribution in [-0.2, 0) is 13.1 Å². The van der Waals surface area contributed by atoms with E-state index in [9.17, 15) is 0 Å². The molecule has 2 N–H and O–H groups in total. The molecule has 3 aromatic rings. The van der Waals surface area contributed by atoms with Gasteiger partial charge in [0.05, 0.1) is 5.69 Å². The molecule has 3 heterocycles. The lowest BCUT2D eigenvalue weighted by Crippen LogP contribution is -1.99. The molecule has 0 atom stereocenters. The fraction of sp³-hybridized carbons (Fsp3) is 0.143. The van der Waals surface area contributed by atoms with E-state index in [-0.39, 0.29) is 0 Å². The van der Waals surface area contributed by atoms with E-state index < -0.39 is 0 Å². The first-order valence-electron chi connectivity index (χ1n) is 6.20. The molecule has 0 bridgehead atoms. The Labute approximate surface area is 109 Å². The Morgan fingerprint density at radius 1 is 1.11 bits per heavy atom. The van der Waals surface area contributed by atoms with Crippen molar-refractivity contribution in [3.63, 3.8) is 0 Å². The van der Waals surface area contributed by atoms with E-state index in [0.29, 0.717) is 11.7 Å². The van der Waals surface area contributed by atoms with Gasteiger partial charge in [-0.15, -0.1) is 0 Å². The summed E-state index contributed by atoms with van der Waals surface area (Å²) in [6.45, 7) is 1.84. The fourth-order valence-electron chi connectivity index (χ4n) is 2.35. The molecule has 1 aliphatic rings. The van der Waals surface area contributed by atoms with Crippen LogP contribution in [0.1, 0.15) is 11.1 Å². The van der Waals surface area contributed by atoms with Gasteiger partial charge in [0.15, 0.2) is 0 Å². The van der Waals surface area contributed by atoms with Crippen LogP contribution in [0.4, 0.5) is 0 Å². The van der Waals surface area contributed by atoms with E-state index in [1.165, 1.54) is 11.1 Å². The summed E-state index contributed by atoms with van der Waals surface area (Å²) < 4.78 is 5.33. The smallest absolute Gasteiger partial charge is 0.258 e. The van der Waals surface area contributed by atoms with Gasteiger partial charge in [-0.3, -0.25) is 0 Å². The Morgan fingerprint density at radius 3 is 2.95 bits per heavy atom. The number of aromatic nitrogens is 3. The maximum Gasteiger partial charge on any atom is 0.258 e. The molecular weight excluding hydrogens is 240 g/mol. The van der Waals surface area contributed by atoms with Crippen molar-refractivity contribution in [2.24, 2.45) is 0 Å². The van der Waals surface area contributed by atoms with Gasteiger partial charge in [-0.25, -0.2) is 0 Å². The van der Waals surface area contributed by atoms with Crippen molar-refractivity contribution < 1.29 is 4.52 Å². The van der Waals surface area contributed by atoms with Crippen LogP contribution in [0.3, 0.4) is 0 Å². The number of nitrogens with one attached hydrogen (secondary N) is 2. The molecule has 5 nitrogen and oxygen atoms in total. The molecule has 1 aliphatic heterocycles. The number of nitrogens with zero attached hydrogens (tertiary/aromatic N) is 2. The molecule has 19 heavy (non-hydrogen) atoms. The molecular formula is C14H12N4O. The topological polar surface area (TPSA) is 66.7 Å². The minimum Gasteiger partial charge on any atom is -0.359 e. The first kappa shape index (κ1) is 10.5. The monoisotopic (exact) mass is 252 g/mol. The van der Waals surface area contributed by atoms with Gasteiger partial charge in [-0.2, -0.15) is 4.98 Å². The van der Waals surface area contributed by atoms with Gasteiger partial charge >= 0.3 is 0 Å². The summed E-state index contributed by atoms with van der Waals surface area (Å²) >= 11 is 0. The highest BCUT2D eigenvalue weighted by Gasteiger charge is 2.15. The van der Waals surface area contributed by atoms with E-state index in [2.05, 4.69) is 32.6 Å². The standard InChI is InChI=1S/C14H12N4O/c1-2-12(16-5-1)13-17-14(19-18-13)9-3-4-10-7-15-8-11(10)6-9/h1-6,15-16H,7-8H2. The first-order chi connectivity index (χ1) is 9.40. The highest BCUT2D eigenvalue weighted by Crippen LogP contribution is 2.25. The predicted octanol–water partition coefficient (Wildman–Crippen LogP) is 2.33. The minimum absolute atomic E-state index is 0.555. The van der Waals surface area contributed by atoms with Gasteiger partial charge in [0.1, 0.15) is 0 Å². The van der Waals surface area contributed by atoms with Crippen molar-refractivity contribution in [2.75, 3.05) is 0 Å². The zero-order valence-electron chi connectivity index (χ0n) is 10.2. The average molecular weight is 252 g/mol. The van der Waals surface area contributed by atoms with E-state index in [4.69, 9.17) is 4.52 Å². The van der Waals surface area contributed by atoms with Crippen LogP contribution in [0.5, 0.6) is 0 Å². The normalized spacial score (nSPS) is 13.7.